The molecule has 32 heavy (non-hydrogen) atoms. The monoisotopic (exact) mass is 441 g/mol. The Labute approximate surface area is 193 Å². The van der Waals surface area contributed by atoms with Crippen molar-refractivity contribution in [2.24, 2.45) is 0 Å². The number of thiophene rings is 1. The largest absolute Gasteiger partial charge is 0.338 e. The Kier molecular flexibility index (Phi) is 6.19. The third kappa shape index (κ3) is 4.40. The van der Waals surface area contributed by atoms with E-state index in [2.05, 4.69) is 87.6 Å². The first-order valence-electron chi connectivity index (χ1n) is 11.1. The van der Waals surface area contributed by atoms with E-state index in [1.807, 2.05) is 23.2 Å². The topological polar surface area (TPSA) is 28.5 Å². The lowest BCUT2D eigenvalue weighted by molar-refractivity contribution is 0.0587. The molecule has 162 valence electrons. The summed E-state index contributed by atoms with van der Waals surface area (Å²) in [5, 5.41) is 2.08. The molecule has 0 saturated carbocycles. The highest BCUT2D eigenvalue weighted by atomic mass is 32.1. The molecule has 4 aromatic rings. The fourth-order valence-corrected chi connectivity index (χ4v) is 5.25. The van der Waals surface area contributed by atoms with Crippen LogP contribution in [0.4, 0.5) is 0 Å². The molecular formula is C27H27N3OS. The summed E-state index contributed by atoms with van der Waals surface area (Å²) in [5.74, 6) is 0.127. The zero-order valence-electron chi connectivity index (χ0n) is 18.0. The molecule has 4 nitrogen and oxygen atoms in total. The number of rotatable bonds is 6. The molecule has 0 spiro atoms. The standard InChI is InChI=1S/C27H27N3OS/c31-27(25-14-7-15-30(25)21-24-13-8-20-32-24)29-18-16-28(17-19-29)26(22-9-3-1-4-10-22)23-11-5-2-6-12-23/h1-15,20,26H,16-19,21H2. The lowest BCUT2D eigenvalue weighted by atomic mass is 9.96. The summed E-state index contributed by atoms with van der Waals surface area (Å²) in [5.41, 5.74) is 3.36. The number of amides is 1. The number of carbonyl (C=O) groups excluding carboxylic acids is 1. The van der Waals surface area contributed by atoms with Gasteiger partial charge < -0.3 is 9.47 Å². The molecule has 1 saturated heterocycles. The van der Waals surface area contributed by atoms with Gasteiger partial charge in [-0.1, -0.05) is 66.7 Å². The quantitative estimate of drug-likeness (QED) is 0.414. The molecule has 0 N–H and O–H groups in total. The number of aromatic nitrogens is 1. The molecule has 1 aliphatic heterocycles. The molecule has 1 aliphatic rings. The summed E-state index contributed by atoms with van der Waals surface area (Å²) < 4.78 is 2.07. The van der Waals surface area contributed by atoms with Crippen LogP contribution in [-0.4, -0.2) is 46.5 Å². The molecule has 2 aromatic carbocycles. The van der Waals surface area contributed by atoms with E-state index in [-0.39, 0.29) is 11.9 Å². The Hall–Kier alpha value is -3.15. The van der Waals surface area contributed by atoms with E-state index in [4.69, 9.17) is 0 Å². The molecule has 0 atom stereocenters. The van der Waals surface area contributed by atoms with Crippen molar-refractivity contribution >= 4 is 17.2 Å². The van der Waals surface area contributed by atoms with Gasteiger partial charge in [-0.3, -0.25) is 9.69 Å². The van der Waals surface area contributed by atoms with E-state index >= 15 is 0 Å². The molecule has 5 rings (SSSR count). The van der Waals surface area contributed by atoms with Gasteiger partial charge in [0.05, 0.1) is 12.6 Å². The first kappa shape index (κ1) is 20.7. The third-order valence-corrected chi connectivity index (χ3v) is 7.01. The number of hydrogen-bond acceptors (Lipinski definition) is 3. The van der Waals surface area contributed by atoms with Crippen LogP contribution in [0.2, 0.25) is 0 Å². The van der Waals surface area contributed by atoms with Crippen LogP contribution in [0, 0.1) is 0 Å². The van der Waals surface area contributed by atoms with Gasteiger partial charge in [0.1, 0.15) is 5.69 Å². The second-order valence-corrected chi connectivity index (χ2v) is 9.19. The van der Waals surface area contributed by atoms with Crippen molar-refractivity contribution in [3.8, 4) is 0 Å². The number of carbonyl (C=O) groups is 1. The van der Waals surface area contributed by atoms with Crippen LogP contribution in [0.25, 0.3) is 0 Å². The average molecular weight is 442 g/mol. The van der Waals surface area contributed by atoms with Gasteiger partial charge in [-0.25, -0.2) is 0 Å². The van der Waals surface area contributed by atoms with E-state index in [0.717, 1.165) is 38.4 Å². The maximum absolute atomic E-state index is 13.3. The van der Waals surface area contributed by atoms with Gasteiger partial charge in [-0.15, -0.1) is 11.3 Å². The summed E-state index contributed by atoms with van der Waals surface area (Å²) in [6.45, 7) is 3.92. The second kappa shape index (κ2) is 9.55. The Bertz CT molecular complexity index is 1090. The predicted molar refractivity (Wildman–Crippen MR) is 130 cm³/mol. The van der Waals surface area contributed by atoms with Gasteiger partial charge in [0, 0.05) is 37.3 Å². The fourth-order valence-electron chi connectivity index (χ4n) is 4.55. The van der Waals surface area contributed by atoms with Gasteiger partial charge in [0.25, 0.3) is 5.91 Å². The van der Waals surface area contributed by atoms with Crippen molar-refractivity contribution in [1.82, 2.24) is 14.4 Å². The summed E-state index contributed by atoms with van der Waals surface area (Å²) in [4.78, 5) is 19.1. The molecule has 1 fully saturated rings. The highest BCUT2D eigenvalue weighted by molar-refractivity contribution is 7.09. The van der Waals surface area contributed by atoms with E-state index in [1.165, 1.54) is 16.0 Å². The van der Waals surface area contributed by atoms with Crippen molar-refractivity contribution in [3.05, 3.63) is 118 Å². The van der Waals surface area contributed by atoms with E-state index < -0.39 is 0 Å². The Morgan fingerprint density at radius 1 is 0.781 bits per heavy atom. The zero-order chi connectivity index (χ0) is 21.8. The smallest absolute Gasteiger partial charge is 0.270 e. The van der Waals surface area contributed by atoms with Crippen LogP contribution in [0.15, 0.2) is 96.5 Å². The highest BCUT2D eigenvalue weighted by Crippen LogP contribution is 2.29. The third-order valence-electron chi connectivity index (χ3n) is 6.15. The number of piperazine rings is 1. The van der Waals surface area contributed by atoms with Crippen LogP contribution in [0.3, 0.4) is 0 Å². The molecule has 3 heterocycles. The zero-order valence-corrected chi connectivity index (χ0v) is 18.8. The normalized spacial score (nSPS) is 14.7. The second-order valence-electron chi connectivity index (χ2n) is 8.15. The number of hydrogen-bond donors (Lipinski definition) is 0. The van der Waals surface area contributed by atoms with Crippen LogP contribution in [0.5, 0.6) is 0 Å². The van der Waals surface area contributed by atoms with Crippen LogP contribution in [-0.2, 0) is 6.54 Å². The summed E-state index contributed by atoms with van der Waals surface area (Å²) in [7, 11) is 0. The van der Waals surface area contributed by atoms with E-state index in [9.17, 15) is 4.79 Å². The first-order chi connectivity index (χ1) is 15.8. The Morgan fingerprint density at radius 3 is 2.03 bits per heavy atom. The molecule has 1 amide bonds. The molecule has 0 aliphatic carbocycles. The Balaban J connectivity index is 1.30. The maximum atomic E-state index is 13.3. The van der Waals surface area contributed by atoms with Crippen LogP contribution in [0.1, 0.15) is 32.5 Å². The molecular weight excluding hydrogens is 414 g/mol. The average Bonchev–Trinajstić information content (AvgIpc) is 3.53. The SMILES string of the molecule is O=C(c1cccn1Cc1cccs1)N1CCN(C(c2ccccc2)c2ccccc2)CC1. The van der Waals surface area contributed by atoms with Crippen molar-refractivity contribution < 1.29 is 4.79 Å². The summed E-state index contributed by atoms with van der Waals surface area (Å²) in [6, 6.07) is 29.6. The van der Waals surface area contributed by atoms with Gasteiger partial charge >= 0.3 is 0 Å². The minimum Gasteiger partial charge on any atom is -0.338 e. The van der Waals surface area contributed by atoms with Gasteiger partial charge in [0.15, 0.2) is 0 Å². The lowest BCUT2D eigenvalue weighted by Gasteiger charge is -2.39. The molecule has 5 heteroatoms. The van der Waals surface area contributed by atoms with Crippen molar-refractivity contribution in [2.45, 2.75) is 12.6 Å². The summed E-state index contributed by atoms with van der Waals surface area (Å²) >= 11 is 1.72. The van der Waals surface area contributed by atoms with Gasteiger partial charge in [0.2, 0.25) is 0 Å². The van der Waals surface area contributed by atoms with Crippen LogP contribution >= 0.6 is 11.3 Å². The number of nitrogens with zero attached hydrogens (tertiary/aromatic N) is 3. The minimum atomic E-state index is 0.127. The van der Waals surface area contributed by atoms with Crippen molar-refractivity contribution in [1.29, 1.82) is 0 Å². The lowest BCUT2D eigenvalue weighted by Crippen LogP contribution is -2.50. The number of benzene rings is 2. The minimum absolute atomic E-state index is 0.127. The van der Waals surface area contributed by atoms with Crippen LogP contribution < -0.4 is 0 Å². The van der Waals surface area contributed by atoms with Crippen molar-refractivity contribution in [3.63, 3.8) is 0 Å². The predicted octanol–water partition coefficient (Wildman–Crippen LogP) is 5.15. The molecule has 0 bridgehead atoms. The van der Waals surface area contributed by atoms with Gasteiger partial charge in [-0.2, -0.15) is 0 Å². The van der Waals surface area contributed by atoms with E-state index in [0.29, 0.717) is 0 Å². The molecule has 2 aromatic heterocycles. The van der Waals surface area contributed by atoms with Gasteiger partial charge in [-0.05, 0) is 34.7 Å². The fraction of sp³-hybridized carbons (Fsp3) is 0.222. The maximum Gasteiger partial charge on any atom is 0.270 e. The van der Waals surface area contributed by atoms with Crippen molar-refractivity contribution in [2.75, 3.05) is 26.2 Å². The highest BCUT2D eigenvalue weighted by Gasteiger charge is 2.29. The van der Waals surface area contributed by atoms with E-state index in [1.54, 1.807) is 11.3 Å². The summed E-state index contributed by atoms with van der Waals surface area (Å²) in [6.07, 6.45) is 2.00. The molecule has 0 radical (unpaired) electrons. The first-order valence-corrected chi connectivity index (χ1v) is 12.0. The Morgan fingerprint density at radius 2 is 1.44 bits per heavy atom. The molecule has 0 unspecified atom stereocenters.